The van der Waals surface area contributed by atoms with Gasteiger partial charge in [-0.2, -0.15) is 0 Å². The highest BCUT2D eigenvalue weighted by molar-refractivity contribution is 5.77. The second-order valence-corrected chi connectivity index (χ2v) is 5.24. The number of nitro groups is 1. The molecule has 2 aromatic heterocycles. The molecule has 130 valence electrons. The highest BCUT2D eigenvalue weighted by atomic mass is 16.7. The van der Waals surface area contributed by atoms with Gasteiger partial charge in [-0.25, -0.2) is 9.97 Å². The van der Waals surface area contributed by atoms with E-state index in [0.29, 0.717) is 22.9 Å². The van der Waals surface area contributed by atoms with Gasteiger partial charge in [0.25, 0.3) is 0 Å². The van der Waals surface area contributed by atoms with Crippen molar-refractivity contribution in [2.24, 2.45) is 0 Å². The fourth-order valence-corrected chi connectivity index (χ4v) is 2.42. The molecule has 1 aliphatic rings. The molecule has 0 saturated carbocycles. The van der Waals surface area contributed by atoms with Gasteiger partial charge >= 0.3 is 5.69 Å². The van der Waals surface area contributed by atoms with Crippen LogP contribution in [0, 0.1) is 10.1 Å². The smallest absolute Gasteiger partial charge is 0.353 e. The molecule has 0 unspecified atom stereocenters. The van der Waals surface area contributed by atoms with E-state index in [2.05, 4.69) is 25.6 Å². The normalized spacial score (nSPS) is 11.8. The summed E-state index contributed by atoms with van der Waals surface area (Å²) in [7, 11) is 0. The first-order chi connectivity index (χ1) is 12.7. The van der Waals surface area contributed by atoms with Crippen LogP contribution in [0.5, 0.6) is 11.5 Å². The van der Waals surface area contributed by atoms with E-state index < -0.39 is 4.92 Å². The molecule has 0 saturated heterocycles. The number of aromatic nitrogens is 3. The van der Waals surface area contributed by atoms with Gasteiger partial charge in [0, 0.05) is 18.0 Å². The van der Waals surface area contributed by atoms with Gasteiger partial charge in [-0.05, 0) is 24.3 Å². The minimum absolute atomic E-state index is 0.0512. The van der Waals surface area contributed by atoms with Crippen molar-refractivity contribution in [3.05, 3.63) is 59.2 Å². The minimum atomic E-state index is -0.548. The maximum absolute atomic E-state index is 11.6. The number of pyridine rings is 1. The first-order valence-corrected chi connectivity index (χ1v) is 7.54. The topological polar surface area (TPSA) is 124 Å². The van der Waals surface area contributed by atoms with Crippen molar-refractivity contribution in [3.63, 3.8) is 0 Å². The first-order valence-electron chi connectivity index (χ1n) is 7.54. The quantitative estimate of drug-likeness (QED) is 0.526. The van der Waals surface area contributed by atoms with Crippen molar-refractivity contribution in [2.45, 2.75) is 0 Å². The molecule has 2 N–H and O–H groups in total. The Balaban J connectivity index is 1.67. The number of hydrogen-bond donors (Lipinski definition) is 2. The Morgan fingerprint density at radius 2 is 1.81 bits per heavy atom. The summed E-state index contributed by atoms with van der Waals surface area (Å²) in [5.74, 6) is 1.28. The molecule has 1 aliphatic heterocycles. The summed E-state index contributed by atoms with van der Waals surface area (Å²) < 4.78 is 10.6. The number of anilines is 4. The summed E-state index contributed by atoms with van der Waals surface area (Å²) in [6.45, 7) is 0.144. The fraction of sp³-hybridized carbons (Fsp3) is 0.0625. The molecule has 10 nitrogen and oxygen atoms in total. The number of ether oxygens (including phenoxy) is 2. The summed E-state index contributed by atoms with van der Waals surface area (Å²) in [6, 6.07) is 8.55. The second-order valence-electron chi connectivity index (χ2n) is 5.24. The molecule has 0 atom stereocenters. The standard InChI is InChI=1S/C16H12N6O4/c23-22(24)14-15(20-10-3-4-12-13(6-10)26-9-25-12)18-8-19-16(14)21-11-2-1-5-17-7-11/h1-8H,9H2,(H2,18,19,20,21). The minimum Gasteiger partial charge on any atom is -0.454 e. The molecule has 0 aliphatic carbocycles. The van der Waals surface area contributed by atoms with E-state index in [9.17, 15) is 10.1 Å². The van der Waals surface area contributed by atoms with Gasteiger partial charge in [0.05, 0.1) is 16.8 Å². The SMILES string of the molecule is O=[N+]([O-])c1c(Nc2cccnc2)ncnc1Nc1ccc2c(c1)OCO2. The molecule has 26 heavy (non-hydrogen) atoms. The van der Waals surface area contributed by atoms with Crippen molar-refractivity contribution in [3.8, 4) is 11.5 Å². The van der Waals surface area contributed by atoms with Crippen LogP contribution in [0.4, 0.5) is 28.7 Å². The number of fused-ring (bicyclic) bond motifs is 1. The van der Waals surface area contributed by atoms with Crippen LogP contribution < -0.4 is 20.1 Å². The molecule has 0 spiro atoms. The first kappa shape index (κ1) is 15.6. The lowest BCUT2D eigenvalue weighted by Crippen LogP contribution is -2.05. The van der Waals surface area contributed by atoms with Crippen LogP contribution >= 0.6 is 0 Å². The Hall–Kier alpha value is -3.95. The predicted molar refractivity (Wildman–Crippen MR) is 92.1 cm³/mol. The zero-order valence-electron chi connectivity index (χ0n) is 13.2. The third kappa shape index (κ3) is 3.02. The number of hydrogen-bond acceptors (Lipinski definition) is 9. The van der Waals surface area contributed by atoms with Gasteiger partial charge in [0.2, 0.25) is 18.4 Å². The number of benzene rings is 1. The molecule has 3 aromatic rings. The van der Waals surface area contributed by atoms with Crippen molar-refractivity contribution in [2.75, 3.05) is 17.4 Å². The Bertz CT molecular complexity index is 966. The van der Waals surface area contributed by atoms with E-state index in [-0.39, 0.29) is 24.1 Å². The zero-order valence-corrected chi connectivity index (χ0v) is 13.2. The van der Waals surface area contributed by atoms with E-state index in [0.717, 1.165) is 0 Å². The predicted octanol–water partition coefficient (Wildman–Crippen LogP) is 3.00. The Kier molecular flexibility index (Phi) is 3.90. The summed E-state index contributed by atoms with van der Waals surface area (Å²) in [4.78, 5) is 23.0. The summed E-state index contributed by atoms with van der Waals surface area (Å²) in [6.07, 6.45) is 4.38. The van der Waals surface area contributed by atoms with E-state index in [4.69, 9.17) is 9.47 Å². The van der Waals surface area contributed by atoms with Gasteiger partial charge < -0.3 is 20.1 Å². The monoisotopic (exact) mass is 352 g/mol. The lowest BCUT2D eigenvalue weighted by Gasteiger charge is -2.10. The summed E-state index contributed by atoms with van der Waals surface area (Å²) in [5.41, 5.74) is 0.862. The van der Waals surface area contributed by atoms with Crippen molar-refractivity contribution < 1.29 is 14.4 Å². The van der Waals surface area contributed by atoms with Crippen LogP contribution in [0.15, 0.2) is 49.1 Å². The van der Waals surface area contributed by atoms with Gasteiger partial charge in [0.1, 0.15) is 6.33 Å². The van der Waals surface area contributed by atoms with Crippen molar-refractivity contribution in [1.29, 1.82) is 0 Å². The van der Waals surface area contributed by atoms with Crippen LogP contribution in [-0.2, 0) is 0 Å². The maximum atomic E-state index is 11.6. The van der Waals surface area contributed by atoms with Crippen LogP contribution in [0.2, 0.25) is 0 Å². The number of nitrogens with one attached hydrogen (secondary N) is 2. The van der Waals surface area contributed by atoms with E-state index in [1.807, 2.05) is 0 Å². The van der Waals surface area contributed by atoms with E-state index >= 15 is 0 Å². The summed E-state index contributed by atoms with van der Waals surface area (Å²) in [5, 5.41) is 17.4. The molecule has 10 heteroatoms. The van der Waals surface area contributed by atoms with Crippen LogP contribution in [-0.4, -0.2) is 26.7 Å². The molecule has 4 rings (SSSR count). The van der Waals surface area contributed by atoms with Gasteiger partial charge in [-0.1, -0.05) is 0 Å². The zero-order chi connectivity index (χ0) is 17.9. The Morgan fingerprint density at radius 3 is 2.54 bits per heavy atom. The molecule has 1 aromatic carbocycles. The number of rotatable bonds is 5. The van der Waals surface area contributed by atoms with E-state index in [1.165, 1.54) is 12.5 Å². The highest BCUT2D eigenvalue weighted by Gasteiger charge is 2.24. The summed E-state index contributed by atoms with van der Waals surface area (Å²) >= 11 is 0. The molecule has 0 fully saturated rings. The highest BCUT2D eigenvalue weighted by Crippen LogP contribution is 2.37. The lowest BCUT2D eigenvalue weighted by atomic mass is 10.2. The molecular formula is C16H12N6O4. The second kappa shape index (κ2) is 6.51. The van der Waals surface area contributed by atoms with Crippen LogP contribution in [0.3, 0.4) is 0 Å². The maximum Gasteiger partial charge on any atom is 0.353 e. The molecule has 0 amide bonds. The van der Waals surface area contributed by atoms with Crippen LogP contribution in [0.25, 0.3) is 0 Å². The van der Waals surface area contributed by atoms with Crippen LogP contribution in [0.1, 0.15) is 0 Å². The molecule has 3 heterocycles. The lowest BCUT2D eigenvalue weighted by molar-refractivity contribution is -0.383. The Morgan fingerprint density at radius 1 is 1.04 bits per heavy atom. The average Bonchev–Trinajstić information content (AvgIpc) is 3.10. The molecule has 0 radical (unpaired) electrons. The average molecular weight is 352 g/mol. The molecule has 0 bridgehead atoms. The third-order valence-electron chi connectivity index (χ3n) is 3.56. The van der Waals surface area contributed by atoms with Gasteiger partial charge in [0.15, 0.2) is 11.5 Å². The largest absolute Gasteiger partial charge is 0.454 e. The van der Waals surface area contributed by atoms with E-state index in [1.54, 1.807) is 36.5 Å². The van der Waals surface area contributed by atoms with Gasteiger partial charge in [-0.3, -0.25) is 15.1 Å². The fourth-order valence-electron chi connectivity index (χ4n) is 2.42. The Labute approximate surface area is 147 Å². The third-order valence-corrected chi connectivity index (χ3v) is 3.56. The molecular weight excluding hydrogens is 340 g/mol. The van der Waals surface area contributed by atoms with Gasteiger partial charge in [-0.15, -0.1) is 0 Å². The number of nitrogens with zero attached hydrogens (tertiary/aromatic N) is 4. The van der Waals surface area contributed by atoms with Crippen molar-refractivity contribution in [1.82, 2.24) is 15.0 Å². The van der Waals surface area contributed by atoms with Crippen molar-refractivity contribution >= 4 is 28.7 Å².